The van der Waals surface area contributed by atoms with E-state index < -0.39 is 0 Å². The van der Waals surface area contributed by atoms with Crippen LogP contribution in [0.25, 0.3) is 5.76 Å². The summed E-state index contributed by atoms with van der Waals surface area (Å²) in [7, 11) is 0. The van der Waals surface area contributed by atoms with Crippen molar-refractivity contribution in [1.82, 2.24) is 0 Å². The van der Waals surface area contributed by atoms with Crippen LogP contribution in [0.4, 0.5) is 0 Å². The van der Waals surface area contributed by atoms with Crippen LogP contribution in [0.2, 0.25) is 0 Å². The fourth-order valence-corrected chi connectivity index (χ4v) is 1.17. The van der Waals surface area contributed by atoms with Crippen molar-refractivity contribution in [2.75, 3.05) is 6.61 Å². The molecule has 0 fully saturated rings. The number of allylic oxidation sites excluding steroid dienone is 1. The van der Waals surface area contributed by atoms with Crippen molar-refractivity contribution < 1.29 is 9.84 Å². The Bertz CT molecular complexity index is 316. The Kier molecular flexibility index (Phi) is 4.05. The van der Waals surface area contributed by atoms with Crippen LogP contribution in [-0.4, -0.2) is 11.7 Å². The Hall–Kier alpha value is -1.44. The van der Waals surface area contributed by atoms with Gasteiger partial charge in [0, 0.05) is 0 Å². The van der Waals surface area contributed by atoms with E-state index in [1.807, 2.05) is 24.3 Å². The lowest BCUT2D eigenvalue weighted by atomic mass is 10.1. The van der Waals surface area contributed by atoms with Crippen molar-refractivity contribution in [3.8, 4) is 5.75 Å². The highest BCUT2D eigenvalue weighted by molar-refractivity contribution is 5.64. The van der Waals surface area contributed by atoms with Crippen molar-refractivity contribution in [2.24, 2.45) is 0 Å². The second kappa shape index (κ2) is 5.32. The van der Waals surface area contributed by atoms with Crippen molar-refractivity contribution >= 4 is 5.76 Å². The molecule has 1 rings (SSSR count). The smallest absolute Gasteiger partial charge is 0.130 e. The minimum Gasteiger partial charge on any atom is -0.508 e. The van der Waals surface area contributed by atoms with Crippen LogP contribution in [0, 0.1) is 0 Å². The molecule has 1 aromatic carbocycles. The summed E-state index contributed by atoms with van der Waals surface area (Å²) in [6.07, 6.45) is 2.62. The van der Waals surface area contributed by atoms with E-state index in [4.69, 9.17) is 4.74 Å². The van der Waals surface area contributed by atoms with Crippen LogP contribution in [0.3, 0.4) is 0 Å². The molecule has 0 saturated carbocycles. The largest absolute Gasteiger partial charge is 0.508 e. The predicted octanol–water partition coefficient (Wildman–Crippen LogP) is 3.39. The number of para-hydroxylation sites is 1. The third-order valence-corrected chi connectivity index (χ3v) is 1.90. The molecule has 0 aliphatic rings. The average Bonchev–Trinajstić information content (AvgIpc) is 2.25. The second-order valence-corrected chi connectivity index (χ2v) is 3.02. The Labute approximate surface area is 84.8 Å². The molecule has 0 aliphatic heterocycles. The first-order chi connectivity index (χ1) is 6.79. The lowest BCUT2D eigenvalue weighted by Gasteiger charge is -2.09. The summed E-state index contributed by atoms with van der Waals surface area (Å²) in [4.78, 5) is 0. The number of benzene rings is 1. The highest BCUT2D eigenvalue weighted by Crippen LogP contribution is 2.24. The number of aliphatic hydroxyl groups is 1. The zero-order chi connectivity index (χ0) is 10.4. The number of rotatable bonds is 4. The summed E-state index contributed by atoms with van der Waals surface area (Å²) in [5.41, 5.74) is 0.753. The highest BCUT2D eigenvalue weighted by Gasteiger charge is 2.05. The molecule has 76 valence electrons. The third kappa shape index (κ3) is 2.52. The van der Waals surface area contributed by atoms with Gasteiger partial charge in [0.25, 0.3) is 0 Å². The standard InChI is InChI=1S/C12H16O2/c1-3-9-14-12-8-6-5-7-10(12)11(13)4-2/h4-8,13H,3,9H2,1-2H3. The van der Waals surface area contributed by atoms with Gasteiger partial charge in [0.1, 0.15) is 11.5 Å². The summed E-state index contributed by atoms with van der Waals surface area (Å²) >= 11 is 0. The molecule has 0 bridgehead atoms. The minimum atomic E-state index is 0.261. The van der Waals surface area contributed by atoms with Gasteiger partial charge in [-0.15, -0.1) is 0 Å². The van der Waals surface area contributed by atoms with Crippen molar-refractivity contribution in [2.45, 2.75) is 20.3 Å². The summed E-state index contributed by atoms with van der Waals surface area (Å²) in [6.45, 7) is 4.53. The molecule has 2 nitrogen and oxygen atoms in total. The van der Waals surface area contributed by atoms with E-state index in [-0.39, 0.29) is 5.76 Å². The third-order valence-electron chi connectivity index (χ3n) is 1.90. The first-order valence-electron chi connectivity index (χ1n) is 4.87. The van der Waals surface area contributed by atoms with E-state index in [0.29, 0.717) is 6.61 Å². The van der Waals surface area contributed by atoms with Crippen molar-refractivity contribution in [3.05, 3.63) is 35.9 Å². The van der Waals surface area contributed by atoms with E-state index in [1.54, 1.807) is 13.0 Å². The van der Waals surface area contributed by atoms with Gasteiger partial charge >= 0.3 is 0 Å². The number of hydrogen-bond acceptors (Lipinski definition) is 2. The number of ether oxygens (including phenoxy) is 1. The Morgan fingerprint density at radius 3 is 2.79 bits per heavy atom. The van der Waals surface area contributed by atoms with Gasteiger partial charge in [0.15, 0.2) is 0 Å². The maximum absolute atomic E-state index is 9.59. The summed E-state index contributed by atoms with van der Waals surface area (Å²) in [6, 6.07) is 7.50. The van der Waals surface area contributed by atoms with Crippen molar-refractivity contribution in [3.63, 3.8) is 0 Å². The Morgan fingerprint density at radius 2 is 2.14 bits per heavy atom. The number of aliphatic hydroxyl groups excluding tert-OH is 1. The van der Waals surface area contributed by atoms with Crippen LogP contribution < -0.4 is 4.74 Å². The van der Waals surface area contributed by atoms with Gasteiger partial charge in [-0.3, -0.25) is 0 Å². The van der Waals surface area contributed by atoms with Gasteiger partial charge in [0.05, 0.1) is 12.2 Å². The molecule has 1 aromatic rings. The maximum Gasteiger partial charge on any atom is 0.130 e. The maximum atomic E-state index is 9.59. The fourth-order valence-electron chi connectivity index (χ4n) is 1.17. The van der Waals surface area contributed by atoms with Crippen LogP contribution in [-0.2, 0) is 0 Å². The SMILES string of the molecule is CC=C(O)c1ccccc1OCCC. The molecule has 2 heteroatoms. The number of hydrogen-bond donors (Lipinski definition) is 1. The molecule has 14 heavy (non-hydrogen) atoms. The first kappa shape index (κ1) is 10.6. The molecule has 0 amide bonds. The summed E-state index contributed by atoms with van der Waals surface area (Å²) < 4.78 is 5.51. The molecule has 0 spiro atoms. The average molecular weight is 192 g/mol. The van der Waals surface area contributed by atoms with Gasteiger partial charge in [0.2, 0.25) is 0 Å². The zero-order valence-corrected chi connectivity index (χ0v) is 8.66. The lowest BCUT2D eigenvalue weighted by Crippen LogP contribution is -1.98. The van der Waals surface area contributed by atoms with E-state index in [2.05, 4.69) is 6.92 Å². The molecule has 0 radical (unpaired) electrons. The van der Waals surface area contributed by atoms with Crippen LogP contribution in [0.15, 0.2) is 30.3 Å². The monoisotopic (exact) mass is 192 g/mol. The molecule has 0 aliphatic carbocycles. The van der Waals surface area contributed by atoms with E-state index in [0.717, 1.165) is 17.7 Å². The summed E-state index contributed by atoms with van der Waals surface area (Å²) in [5.74, 6) is 1.00. The van der Waals surface area contributed by atoms with E-state index in [1.165, 1.54) is 0 Å². The Morgan fingerprint density at radius 1 is 1.43 bits per heavy atom. The fraction of sp³-hybridized carbons (Fsp3) is 0.333. The normalized spacial score (nSPS) is 11.4. The topological polar surface area (TPSA) is 29.5 Å². The van der Waals surface area contributed by atoms with Gasteiger partial charge in [-0.2, -0.15) is 0 Å². The molecule has 0 heterocycles. The van der Waals surface area contributed by atoms with Gasteiger partial charge in [-0.05, 0) is 31.6 Å². The molecular formula is C12H16O2. The first-order valence-corrected chi connectivity index (χ1v) is 4.87. The second-order valence-electron chi connectivity index (χ2n) is 3.02. The van der Waals surface area contributed by atoms with Crippen LogP contribution >= 0.6 is 0 Å². The van der Waals surface area contributed by atoms with Gasteiger partial charge in [-0.25, -0.2) is 0 Å². The molecule has 0 unspecified atom stereocenters. The summed E-state index contributed by atoms with van der Waals surface area (Å²) in [5, 5.41) is 9.59. The van der Waals surface area contributed by atoms with Crippen molar-refractivity contribution in [1.29, 1.82) is 0 Å². The molecule has 0 saturated heterocycles. The molecular weight excluding hydrogens is 176 g/mol. The van der Waals surface area contributed by atoms with E-state index >= 15 is 0 Å². The predicted molar refractivity (Wildman–Crippen MR) is 58.5 cm³/mol. The minimum absolute atomic E-state index is 0.261. The van der Waals surface area contributed by atoms with Gasteiger partial charge in [-0.1, -0.05) is 19.1 Å². The molecule has 1 N–H and O–H groups in total. The Balaban J connectivity index is 2.91. The quantitative estimate of drug-likeness (QED) is 0.741. The highest BCUT2D eigenvalue weighted by atomic mass is 16.5. The lowest BCUT2D eigenvalue weighted by molar-refractivity contribution is 0.315. The van der Waals surface area contributed by atoms with Crippen LogP contribution in [0.5, 0.6) is 5.75 Å². The zero-order valence-electron chi connectivity index (χ0n) is 8.66. The van der Waals surface area contributed by atoms with E-state index in [9.17, 15) is 5.11 Å². The molecule has 0 aromatic heterocycles. The van der Waals surface area contributed by atoms with Gasteiger partial charge < -0.3 is 9.84 Å². The molecule has 0 atom stereocenters. The van der Waals surface area contributed by atoms with Crippen LogP contribution in [0.1, 0.15) is 25.8 Å².